The number of aromatic amines is 1. The van der Waals surface area contributed by atoms with E-state index in [-0.39, 0.29) is 11.2 Å². The van der Waals surface area contributed by atoms with Crippen LogP contribution in [-0.2, 0) is 0 Å². The molecule has 0 saturated carbocycles. The monoisotopic (exact) mass is 162 g/mol. The highest BCUT2D eigenvalue weighted by atomic mass is 16.1. The van der Waals surface area contributed by atoms with Gasteiger partial charge in [-0.1, -0.05) is 0 Å². The number of rotatable bonds is 0. The van der Waals surface area contributed by atoms with Gasteiger partial charge in [0.05, 0.1) is 0 Å². The van der Waals surface area contributed by atoms with E-state index in [1.165, 1.54) is 6.20 Å². The zero-order valence-electron chi connectivity index (χ0n) is 5.72. The molecule has 7 heteroatoms. The van der Waals surface area contributed by atoms with Crippen LogP contribution in [0.2, 0.25) is 0 Å². The molecule has 0 spiro atoms. The topological polar surface area (TPSA) is 99.7 Å². The van der Waals surface area contributed by atoms with Gasteiger partial charge in [-0.15, -0.1) is 9.73 Å². The van der Waals surface area contributed by atoms with Gasteiger partial charge in [-0.25, -0.2) is 0 Å². The lowest BCUT2D eigenvalue weighted by Gasteiger charge is -1.88. The first-order valence-corrected chi connectivity index (χ1v) is 3.03. The van der Waals surface area contributed by atoms with E-state index < -0.39 is 5.43 Å². The maximum atomic E-state index is 11.2. The minimum absolute atomic E-state index is 0.00250. The van der Waals surface area contributed by atoms with Crippen molar-refractivity contribution in [3.05, 3.63) is 22.0 Å². The molecule has 1 N–H and O–H groups in total. The number of nitriles is 1. The van der Waals surface area contributed by atoms with Crippen molar-refractivity contribution in [1.29, 1.82) is 5.26 Å². The molecule has 7 nitrogen and oxygen atoms in total. The molecule has 2 aromatic rings. The van der Waals surface area contributed by atoms with Crippen LogP contribution in [0, 0.1) is 11.3 Å². The number of hydrogen-bond acceptors (Lipinski definition) is 5. The van der Waals surface area contributed by atoms with Gasteiger partial charge in [0.1, 0.15) is 11.6 Å². The number of hydrogen-bond donors (Lipinski definition) is 1. The van der Waals surface area contributed by atoms with Crippen LogP contribution >= 0.6 is 0 Å². The van der Waals surface area contributed by atoms with Gasteiger partial charge in [-0.05, 0) is 10.4 Å². The van der Waals surface area contributed by atoms with Crippen LogP contribution in [0.4, 0.5) is 0 Å². The summed E-state index contributed by atoms with van der Waals surface area (Å²) in [6, 6.07) is 1.72. The standard InChI is InChI=1S/C5H2N6O/c6-1-3-2-7-11-5(4(3)12)8-9-10-11/h2,7H. The molecule has 0 bridgehead atoms. The third-order valence-corrected chi connectivity index (χ3v) is 1.37. The highest BCUT2D eigenvalue weighted by Crippen LogP contribution is 1.87. The fraction of sp³-hybridized carbons (Fsp3) is 0. The second kappa shape index (κ2) is 2.13. The second-order valence-corrected chi connectivity index (χ2v) is 2.04. The molecular weight excluding hydrogens is 160 g/mol. The number of aromatic nitrogens is 5. The van der Waals surface area contributed by atoms with Crippen molar-refractivity contribution in [3.8, 4) is 6.07 Å². The van der Waals surface area contributed by atoms with E-state index in [1.54, 1.807) is 6.07 Å². The Balaban J connectivity index is 3.00. The molecule has 0 aliphatic carbocycles. The van der Waals surface area contributed by atoms with Crippen molar-refractivity contribution in [1.82, 2.24) is 25.3 Å². The third-order valence-electron chi connectivity index (χ3n) is 1.37. The largest absolute Gasteiger partial charge is 0.284 e. The van der Waals surface area contributed by atoms with E-state index in [0.29, 0.717) is 0 Å². The van der Waals surface area contributed by atoms with Crippen molar-refractivity contribution in [3.63, 3.8) is 0 Å². The zero-order chi connectivity index (χ0) is 8.55. The Morgan fingerprint density at radius 1 is 1.67 bits per heavy atom. The van der Waals surface area contributed by atoms with Crippen LogP contribution < -0.4 is 5.43 Å². The lowest BCUT2D eigenvalue weighted by atomic mass is 10.3. The van der Waals surface area contributed by atoms with Gasteiger partial charge < -0.3 is 0 Å². The molecular formula is C5H2N6O. The normalized spacial score (nSPS) is 9.92. The Kier molecular flexibility index (Phi) is 1.15. The van der Waals surface area contributed by atoms with Crippen LogP contribution in [0.15, 0.2) is 11.0 Å². The molecule has 0 fully saturated rings. The molecule has 12 heavy (non-hydrogen) atoms. The molecule has 0 amide bonds. The number of H-pyrrole nitrogens is 1. The van der Waals surface area contributed by atoms with Crippen LogP contribution in [0.3, 0.4) is 0 Å². The van der Waals surface area contributed by atoms with Gasteiger partial charge in [0.15, 0.2) is 0 Å². The number of nitrogens with zero attached hydrogens (tertiary/aromatic N) is 5. The van der Waals surface area contributed by atoms with Crippen molar-refractivity contribution in [2.45, 2.75) is 0 Å². The summed E-state index contributed by atoms with van der Waals surface area (Å²) in [5.74, 6) is 0. The van der Waals surface area contributed by atoms with E-state index in [9.17, 15) is 4.79 Å². The summed E-state index contributed by atoms with van der Waals surface area (Å²) < 4.78 is 1.10. The van der Waals surface area contributed by atoms with Crippen LogP contribution in [0.1, 0.15) is 5.56 Å². The van der Waals surface area contributed by atoms with Crippen LogP contribution in [0.5, 0.6) is 0 Å². The Morgan fingerprint density at radius 3 is 3.25 bits per heavy atom. The van der Waals surface area contributed by atoms with E-state index in [0.717, 1.165) is 4.63 Å². The Morgan fingerprint density at radius 2 is 2.50 bits per heavy atom. The lowest BCUT2D eigenvalue weighted by molar-refractivity contribution is 0.730. The van der Waals surface area contributed by atoms with Gasteiger partial charge >= 0.3 is 0 Å². The molecule has 0 aliphatic heterocycles. The fourth-order valence-corrected chi connectivity index (χ4v) is 0.810. The minimum atomic E-state index is -0.471. The van der Waals surface area contributed by atoms with Gasteiger partial charge in [0.2, 0.25) is 11.1 Å². The number of nitrogens with one attached hydrogen (secondary N) is 1. The average Bonchev–Trinajstić information content (AvgIpc) is 2.53. The minimum Gasteiger partial charge on any atom is -0.284 e. The van der Waals surface area contributed by atoms with Crippen molar-refractivity contribution in [2.24, 2.45) is 0 Å². The van der Waals surface area contributed by atoms with E-state index >= 15 is 0 Å². The maximum absolute atomic E-state index is 11.2. The summed E-state index contributed by atoms with van der Waals surface area (Å²) in [7, 11) is 0. The molecule has 0 aromatic carbocycles. The summed E-state index contributed by atoms with van der Waals surface area (Å²) >= 11 is 0. The molecule has 2 aromatic heterocycles. The summed E-state index contributed by atoms with van der Waals surface area (Å²) in [6.45, 7) is 0. The fourth-order valence-electron chi connectivity index (χ4n) is 0.810. The third kappa shape index (κ3) is 0.687. The number of tetrazole rings is 1. The van der Waals surface area contributed by atoms with Crippen molar-refractivity contribution < 1.29 is 0 Å². The summed E-state index contributed by atoms with van der Waals surface area (Å²) in [4.78, 5) is 11.2. The predicted molar refractivity (Wildman–Crippen MR) is 36.1 cm³/mol. The lowest BCUT2D eigenvalue weighted by Crippen LogP contribution is -2.12. The smallest absolute Gasteiger partial charge is 0.246 e. The van der Waals surface area contributed by atoms with Gasteiger partial charge in [-0.2, -0.15) is 5.26 Å². The summed E-state index contributed by atoms with van der Waals surface area (Å²) in [5, 5.41) is 21.2. The Hall–Kier alpha value is -2.23. The van der Waals surface area contributed by atoms with Crippen molar-refractivity contribution >= 4 is 5.65 Å². The van der Waals surface area contributed by atoms with Crippen LogP contribution in [0.25, 0.3) is 5.65 Å². The molecule has 58 valence electrons. The number of fused-ring (bicyclic) bond motifs is 1. The molecule has 0 radical (unpaired) electrons. The van der Waals surface area contributed by atoms with Gasteiger partial charge in [0, 0.05) is 6.20 Å². The zero-order valence-corrected chi connectivity index (χ0v) is 5.72. The van der Waals surface area contributed by atoms with E-state index in [4.69, 9.17) is 5.26 Å². The van der Waals surface area contributed by atoms with Crippen molar-refractivity contribution in [2.75, 3.05) is 0 Å². The maximum Gasteiger partial charge on any atom is 0.246 e. The molecule has 0 saturated heterocycles. The average molecular weight is 162 g/mol. The van der Waals surface area contributed by atoms with E-state index in [1.807, 2.05) is 0 Å². The quantitative estimate of drug-likeness (QED) is 0.518. The molecule has 0 unspecified atom stereocenters. The first-order valence-electron chi connectivity index (χ1n) is 3.03. The second-order valence-electron chi connectivity index (χ2n) is 2.04. The Labute approximate surface area is 65.2 Å². The van der Waals surface area contributed by atoms with Crippen LogP contribution in [-0.4, -0.2) is 25.3 Å². The summed E-state index contributed by atoms with van der Waals surface area (Å²) in [6.07, 6.45) is 1.26. The summed E-state index contributed by atoms with van der Waals surface area (Å²) in [5.41, 5.74) is -0.451. The molecule has 0 atom stereocenters. The van der Waals surface area contributed by atoms with E-state index in [2.05, 4.69) is 20.6 Å². The van der Waals surface area contributed by atoms with Gasteiger partial charge in [-0.3, -0.25) is 9.89 Å². The van der Waals surface area contributed by atoms with Gasteiger partial charge in [0.25, 0.3) is 0 Å². The first kappa shape index (κ1) is 6.48. The highest BCUT2D eigenvalue weighted by Gasteiger charge is 2.05. The molecule has 2 heterocycles. The first-order chi connectivity index (χ1) is 5.83. The SMILES string of the molecule is N#Cc1c[nH]n2nnnc2c1=O. The Bertz CT molecular complexity index is 516. The molecule has 0 aliphatic rings. The highest BCUT2D eigenvalue weighted by molar-refractivity contribution is 5.41. The predicted octanol–water partition coefficient (Wildman–Crippen LogP) is -1.32. The molecule has 2 rings (SSSR count).